The molecule has 26 heavy (non-hydrogen) atoms. The number of carbonyl (C=O) groups excluding carboxylic acids is 1. The van der Waals surface area contributed by atoms with Crippen LogP contribution in [0, 0.1) is 0 Å². The van der Waals surface area contributed by atoms with Gasteiger partial charge in [-0.25, -0.2) is 8.42 Å². The molecule has 1 amide bonds. The number of hydrazine groups is 1. The molecule has 1 aromatic carbocycles. The van der Waals surface area contributed by atoms with Crippen LogP contribution in [0.2, 0.25) is 0 Å². The first kappa shape index (κ1) is 18.9. The number of hydrogen-bond donors (Lipinski definition) is 2. The zero-order valence-electron chi connectivity index (χ0n) is 14.7. The third-order valence-corrected chi connectivity index (χ3v) is 6.48. The molecule has 1 heterocycles. The van der Waals surface area contributed by atoms with Crippen LogP contribution in [0.3, 0.4) is 0 Å². The Kier molecular flexibility index (Phi) is 6.29. The molecule has 2 N–H and O–H groups in total. The summed E-state index contributed by atoms with van der Waals surface area (Å²) in [6, 6.07) is 6.14. The molecule has 0 atom stereocenters. The summed E-state index contributed by atoms with van der Waals surface area (Å²) in [6.07, 6.45) is 7.48. The van der Waals surface area contributed by atoms with Crippen LogP contribution in [0.4, 0.5) is 0 Å². The standard InChI is InChI=1S/C18H25N3O4S/c22-18(20-19-16-7-3-1-2-4-8-16)15-6-5-9-17(14-15)26(23,24)21-10-12-25-13-11-21/h5-7,9,14,19H,1-4,8,10-13H2,(H,20,22). The molecule has 2 aliphatic rings. The summed E-state index contributed by atoms with van der Waals surface area (Å²) >= 11 is 0. The minimum Gasteiger partial charge on any atom is -0.379 e. The minimum absolute atomic E-state index is 0.126. The minimum atomic E-state index is -3.62. The number of benzene rings is 1. The van der Waals surface area contributed by atoms with E-state index in [9.17, 15) is 13.2 Å². The summed E-state index contributed by atoms with van der Waals surface area (Å²) in [7, 11) is -3.62. The van der Waals surface area contributed by atoms with Gasteiger partial charge in [-0.15, -0.1) is 0 Å². The molecule has 7 nitrogen and oxygen atoms in total. The summed E-state index contributed by atoms with van der Waals surface area (Å²) in [5.41, 5.74) is 6.95. The van der Waals surface area contributed by atoms with Gasteiger partial charge in [-0.1, -0.05) is 18.6 Å². The molecule has 1 fully saturated rings. The second-order valence-corrected chi connectivity index (χ2v) is 8.39. The maximum Gasteiger partial charge on any atom is 0.269 e. The van der Waals surface area contributed by atoms with Crippen molar-refractivity contribution >= 4 is 15.9 Å². The molecule has 1 saturated heterocycles. The number of nitrogens with zero attached hydrogens (tertiary/aromatic N) is 1. The lowest BCUT2D eigenvalue weighted by molar-refractivity contribution is 0.0730. The van der Waals surface area contributed by atoms with Crippen molar-refractivity contribution in [2.24, 2.45) is 0 Å². The van der Waals surface area contributed by atoms with Gasteiger partial charge in [0.05, 0.1) is 18.1 Å². The van der Waals surface area contributed by atoms with Gasteiger partial charge in [0.25, 0.3) is 5.91 Å². The molecule has 1 aliphatic carbocycles. The molecule has 0 aromatic heterocycles. The van der Waals surface area contributed by atoms with E-state index in [2.05, 4.69) is 16.9 Å². The first-order valence-electron chi connectivity index (χ1n) is 9.01. The second-order valence-electron chi connectivity index (χ2n) is 6.45. The van der Waals surface area contributed by atoms with E-state index in [0.717, 1.165) is 25.0 Å². The van der Waals surface area contributed by atoms with Crippen LogP contribution in [-0.2, 0) is 14.8 Å². The van der Waals surface area contributed by atoms with Gasteiger partial charge in [-0.05, 0) is 43.9 Å². The van der Waals surface area contributed by atoms with Crippen LogP contribution >= 0.6 is 0 Å². The highest BCUT2D eigenvalue weighted by atomic mass is 32.2. The summed E-state index contributed by atoms with van der Waals surface area (Å²) in [6.45, 7) is 1.43. The van der Waals surface area contributed by atoms with E-state index in [1.807, 2.05) is 0 Å². The normalized spacial score (nSPS) is 19.3. The van der Waals surface area contributed by atoms with Crippen LogP contribution in [0.1, 0.15) is 42.5 Å². The molecule has 0 saturated carbocycles. The van der Waals surface area contributed by atoms with Gasteiger partial charge in [0.1, 0.15) is 0 Å². The highest BCUT2D eigenvalue weighted by Gasteiger charge is 2.26. The lowest BCUT2D eigenvalue weighted by atomic mass is 10.2. The Bertz CT molecular complexity index is 770. The van der Waals surface area contributed by atoms with E-state index >= 15 is 0 Å². The van der Waals surface area contributed by atoms with Crippen molar-refractivity contribution in [3.63, 3.8) is 0 Å². The largest absolute Gasteiger partial charge is 0.379 e. The fraction of sp³-hybridized carbons (Fsp3) is 0.500. The summed E-state index contributed by atoms with van der Waals surface area (Å²) < 4.78 is 32.0. The van der Waals surface area contributed by atoms with Crippen LogP contribution in [0.5, 0.6) is 0 Å². The lowest BCUT2D eigenvalue weighted by Crippen LogP contribution is -2.40. The predicted molar refractivity (Wildman–Crippen MR) is 97.8 cm³/mol. The van der Waals surface area contributed by atoms with E-state index < -0.39 is 10.0 Å². The van der Waals surface area contributed by atoms with E-state index in [1.165, 1.54) is 29.3 Å². The number of ether oxygens (including phenoxy) is 1. The average molecular weight is 379 g/mol. The van der Waals surface area contributed by atoms with Gasteiger partial charge in [-0.2, -0.15) is 4.31 Å². The topological polar surface area (TPSA) is 87.7 Å². The molecule has 0 unspecified atom stereocenters. The number of nitrogens with one attached hydrogen (secondary N) is 2. The van der Waals surface area contributed by atoms with Gasteiger partial charge in [-0.3, -0.25) is 10.2 Å². The quantitative estimate of drug-likeness (QED) is 0.762. The third kappa shape index (κ3) is 4.63. The predicted octanol–water partition coefficient (Wildman–Crippen LogP) is 1.79. The molecule has 0 bridgehead atoms. The SMILES string of the molecule is O=C(NNC1=CCCCCC1)c1cccc(S(=O)(=O)N2CCOCC2)c1. The Hall–Kier alpha value is -1.90. The molecule has 1 aromatic rings. The maximum atomic E-state index is 12.7. The first-order valence-corrected chi connectivity index (χ1v) is 10.4. The molecule has 1 aliphatic heterocycles. The van der Waals surface area contributed by atoms with Crippen molar-refractivity contribution in [3.05, 3.63) is 41.6 Å². The van der Waals surface area contributed by atoms with Crippen molar-refractivity contribution < 1.29 is 17.9 Å². The Morgan fingerprint density at radius 3 is 2.73 bits per heavy atom. The van der Waals surface area contributed by atoms with Crippen molar-refractivity contribution in [2.75, 3.05) is 26.3 Å². The third-order valence-electron chi connectivity index (χ3n) is 4.58. The number of amides is 1. The highest BCUT2D eigenvalue weighted by molar-refractivity contribution is 7.89. The van der Waals surface area contributed by atoms with Crippen molar-refractivity contribution in [1.82, 2.24) is 15.2 Å². The Morgan fingerprint density at radius 2 is 1.92 bits per heavy atom. The fourth-order valence-corrected chi connectivity index (χ4v) is 4.53. The summed E-state index contributed by atoms with van der Waals surface area (Å²) in [5, 5.41) is 0. The second kappa shape index (κ2) is 8.66. The monoisotopic (exact) mass is 379 g/mol. The number of sulfonamides is 1. The lowest BCUT2D eigenvalue weighted by Gasteiger charge is -2.26. The fourth-order valence-electron chi connectivity index (χ4n) is 3.07. The van der Waals surface area contributed by atoms with Crippen molar-refractivity contribution in [3.8, 4) is 0 Å². The van der Waals surface area contributed by atoms with Gasteiger partial charge in [0.2, 0.25) is 10.0 Å². The van der Waals surface area contributed by atoms with Gasteiger partial charge >= 0.3 is 0 Å². The average Bonchev–Trinajstić information content (AvgIpc) is 2.96. The number of allylic oxidation sites excluding steroid dienone is 2. The molecule has 0 spiro atoms. The molecule has 142 valence electrons. The number of morpholine rings is 1. The van der Waals surface area contributed by atoms with E-state index in [-0.39, 0.29) is 10.8 Å². The van der Waals surface area contributed by atoms with Gasteiger partial charge in [0, 0.05) is 24.4 Å². The Balaban J connectivity index is 1.68. The van der Waals surface area contributed by atoms with Gasteiger partial charge in [0.15, 0.2) is 0 Å². The molecule has 0 radical (unpaired) electrons. The number of carbonyl (C=O) groups is 1. The van der Waals surface area contributed by atoms with Crippen LogP contribution in [0.15, 0.2) is 40.9 Å². The van der Waals surface area contributed by atoms with E-state index in [1.54, 1.807) is 12.1 Å². The first-order chi connectivity index (χ1) is 12.6. The Morgan fingerprint density at radius 1 is 1.12 bits per heavy atom. The number of hydrogen-bond acceptors (Lipinski definition) is 5. The molecule has 3 rings (SSSR count). The van der Waals surface area contributed by atoms with Crippen LogP contribution in [0.25, 0.3) is 0 Å². The zero-order valence-corrected chi connectivity index (χ0v) is 15.6. The summed E-state index contributed by atoms with van der Waals surface area (Å²) in [5.74, 6) is -0.353. The smallest absolute Gasteiger partial charge is 0.269 e. The molecular weight excluding hydrogens is 354 g/mol. The van der Waals surface area contributed by atoms with E-state index in [0.29, 0.717) is 31.9 Å². The van der Waals surface area contributed by atoms with Crippen molar-refractivity contribution in [1.29, 1.82) is 0 Å². The Labute approximate surface area is 154 Å². The zero-order chi connectivity index (χ0) is 18.4. The molecular formula is C18H25N3O4S. The van der Waals surface area contributed by atoms with E-state index in [4.69, 9.17) is 4.74 Å². The molecule has 8 heteroatoms. The highest BCUT2D eigenvalue weighted by Crippen LogP contribution is 2.18. The number of rotatable bonds is 5. The van der Waals surface area contributed by atoms with Gasteiger partial charge < -0.3 is 10.2 Å². The maximum absolute atomic E-state index is 12.7. The van der Waals surface area contributed by atoms with Crippen molar-refractivity contribution in [2.45, 2.75) is 37.0 Å². The van der Waals surface area contributed by atoms with Crippen LogP contribution < -0.4 is 10.9 Å². The summed E-state index contributed by atoms with van der Waals surface area (Å²) in [4.78, 5) is 12.5. The van der Waals surface area contributed by atoms with Crippen LogP contribution in [-0.4, -0.2) is 44.9 Å².